The molecule has 0 bridgehead atoms. The number of guanidine groups is 1. The molecule has 0 saturated carbocycles. The van der Waals surface area contributed by atoms with Crippen molar-refractivity contribution in [2.45, 2.75) is 13.5 Å². The van der Waals surface area contributed by atoms with E-state index in [4.69, 9.17) is 4.99 Å². The fourth-order valence-electron chi connectivity index (χ4n) is 3.04. The highest BCUT2D eigenvalue weighted by atomic mass is 127. The molecule has 1 aliphatic heterocycles. The summed E-state index contributed by atoms with van der Waals surface area (Å²) in [6.45, 7) is 7.41. The molecule has 2 N–H and O–H groups in total. The molecule has 1 amide bonds. The first-order valence-electron chi connectivity index (χ1n) is 9.45. The van der Waals surface area contributed by atoms with Gasteiger partial charge in [0.05, 0.1) is 18.7 Å². The normalized spacial score (nSPS) is 14.2. The number of carbonyl (C=O) groups excluding carboxylic acids is 1. The molecule has 9 heteroatoms. The van der Waals surface area contributed by atoms with E-state index in [1.165, 1.54) is 12.1 Å². The Labute approximate surface area is 193 Å². The number of aliphatic imine (C=N–C) groups is 1. The number of nitrogens with one attached hydrogen (secondary N) is 2. The Balaban J connectivity index is 0.00000300. The first-order chi connectivity index (χ1) is 13.7. The van der Waals surface area contributed by atoms with Gasteiger partial charge >= 0.3 is 6.09 Å². The van der Waals surface area contributed by atoms with Crippen LogP contribution in [-0.4, -0.2) is 56.8 Å². The molecule has 1 saturated heterocycles. The van der Waals surface area contributed by atoms with E-state index in [9.17, 15) is 4.79 Å². The molecule has 29 heavy (non-hydrogen) atoms. The molecule has 0 atom stereocenters. The quantitative estimate of drug-likeness (QED) is 0.350. The summed E-state index contributed by atoms with van der Waals surface area (Å²) in [4.78, 5) is 20.8. The second kappa shape index (κ2) is 11.9. The lowest BCUT2D eigenvalue weighted by Crippen LogP contribution is -2.52. The summed E-state index contributed by atoms with van der Waals surface area (Å²) < 4.78 is 4.60. The molecule has 158 valence electrons. The molecule has 7 nitrogen and oxygen atoms in total. The van der Waals surface area contributed by atoms with Gasteiger partial charge in [0.1, 0.15) is 0 Å². The van der Waals surface area contributed by atoms with Crippen molar-refractivity contribution in [2.24, 2.45) is 4.99 Å². The number of piperazine rings is 1. The summed E-state index contributed by atoms with van der Waals surface area (Å²) in [6, 6.07) is 11.9. The van der Waals surface area contributed by atoms with Crippen molar-refractivity contribution in [1.29, 1.82) is 0 Å². The van der Waals surface area contributed by atoms with Crippen molar-refractivity contribution < 1.29 is 9.53 Å². The Morgan fingerprint density at radius 1 is 1.17 bits per heavy atom. The molecule has 0 aliphatic carbocycles. The van der Waals surface area contributed by atoms with Gasteiger partial charge in [0, 0.05) is 38.4 Å². The second-order valence-electron chi connectivity index (χ2n) is 6.41. The lowest BCUT2D eigenvalue weighted by Gasteiger charge is -2.37. The first kappa shape index (κ1) is 23.3. The van der Waals surface area contributed by atoms with Gasteiger partial charge in [-0.3, -0.25) is 5.32 Å². The van der Waals surface area contributed by atoms with Crippen LogP contribution in [0.5, 0.6) is 0 Å². The highest BCUT2D eigenvalue weighted by Gasteiger charge is 2.20. The Morgan fingerprint density at radius 2 is 1.90 bits per heavy atom. The molecule has 1 aliphatic rings. The largest absolute Gasteiger partial charge is 0.453 e. The number of carbonyl (C=O) groups is 1. The molecule has 1 aromatic heterocycles. The maximum atomic E-state index is 11.3. The summed E-state index contributed by atoms with van der Waals surface area (Å²) in [5, 5.41) is 9.51. The van der Waals surface area contributed by atoms with Crippen LogP contribution in [0.4, 0.5) is 15.5 Å². The molecule has 0 unspecified atom stereocenters. The second-order valence-corrected chi connectivity index (χ2v) is 7.34. The van der Waals surface area contributed by atoms with Gasteiger partial charge in [0.2, 0.25) is 0 Å². The number of hydrogen-bond donors (Lipinski definition) is 2. The summed E-state index contributed by atoms with van der Waals surface area (Å²) >= 11 is 1.79. The van der Waals surface area contributed by atoms with Crippen molar-refractivity contribution in [2.75, 3.05) is 50.1 Å². The summed E-state index contributed by atoms with van der Waals surface area (Å²) in [7, 11) is 1.35. The molecular weight excluding hydrogens is 501 g/mol. The molecular formula is C20H28IN5O2S. The molecule has 3 rings (SSSR count). The van der Waals surface area contributed by atoms with Crippen LogP contribution in [0.3, 0.4) is 0 Å². The molecule has 2 aromatic rings. The Morgan fingerprint density at radius 3 is 2.48 bits per heavy atom. The van der Waals surface area contributed by atoms with Crippen molar-refractivity contribution in [3.8, 4) is 0 Å². The van der Waals surface area contributed by atoms with Gasteiger partial charge in [-0.2, -0.15) is 0 Å². The third kappa shape index (κ3) is 6.77. The van der Waals surface area contributed by atoms with Gasteiger partial charge in [-0.25, -0.2) is 9.79 Å². The fourth-order valence-corrected chi connectivity index (χ4v) is 3.83. The van der Waals surface area contributed by atoms with E-state index in [2.05, 4.69) is 49.6 Å². The monoisotopic (exact) mass is 529 g/mol. The number of anilines is 2. The minimum Gasteiger partial charge on any atom is -0.453 e. The van der Waals surface area contributed by atoms with Crippen LogP contribution >= 0.6 is 35.3 Å². The predicted molar refractivity (Wildman–Crippen MR) is 131 cm³/mol. The number of ether oxygens (including phenoxy) is 1. The summed E-state index contributed by atoms with van der Waals surface area (Å²) in [6.07, 6.45) is -0.470. The van der Waals surface area contributed by atoms with Gasteiger partial charge in [-0.15, -0.1) is 35.3 Å². The maximum absolute atomic E-state index is 11.3. The zero-order valence-corrected chi connectivity index (χ0v) is 19.9. The van der Waals surface area contributed by atoms with Crippen LogP contribution in [0.25, 0.3) is 0 Å². The Kier molecular flexibility index (Phi) is 9.52. The number of hydrogen-bond acceptors (Lipinski definition) is 5. The number of thiophene rings is 1. The summed E-state index contributed by atoms with van der Waals surface area (Å²) in [5.74, 6) is 0.949. The Hall–Kier alpha value is -2.01. The third-order valence-corrected chi connectivity index (χ3v) is 5.46. The van der Waals surface area contributed by atoms with Crippen molar-refractivity contribution in [3.63, 3.8) is 0 Å². The number of amides is 1. The van der Waals surface area contributed by atoms with E-state index < -0.39 is 6.09 Å². The van der Waals surface area contributed by atoms with E-state index in [0.29, 0.717) is 12.2 Å². The van der Waals surface area contributed by atoms with Gasteiger partial charge in [0.15, 0.2) is 5.96 Å². The third-order valence-electron chi connectivity index (χ3n) is 4.53. The Bertz CT molecular complexity index is 775. The van der Waals surface area contributed by atoms with Crippen molar-refractivity contribution >= 4 is 58.1 Å². The number of benzene rings is 1. The molecule has 0 spiro atoms. The van der Waals surface area contributed by atoms with E-state index in [1.807, 2.05) is 24.3 Å². The lowest BCUT2D eigenvalue weighted by atomic mass is 10.2. The van der Waals surface area contributed by atoms with Crippen LogP contribution in [0, 0.1) is 0 Å². The van der Waals surface area contributed by atoms with E-state index in [1.54, 1.807) is 11.3 Å². The SMILES string of the molecule is CCNC(=NCc1ccc(NC(=O)OC)cc1)N1CCN(c2cccs2)CC1.I. The van der Waals surface area contributed by atoms with Crippen LogP contribution in [0.2, 0.25) is 0 Å². The van der Waals surface area contributed by atoms with Crippen LogP contribution in [0.1, 0.15) is 12.5 Å². The predicted octanol–water partition coefficient (Wildman–Crippen LogP) is 3.83. The number of methoxy groups -OCH3 is 1. The topological polar surface area (TPSA) is 69.2 Å². The molecule has 0 radical (unpaired) electrons. The van der Waals surface area contributed by atoms with Crippen molar-refractivity contribution in [1.82, 2.24) is 10.2 Å². The van der Waals surface area contributed by atoms with Gasteiger partial charge in [0.25, 0.3) is 0 Å². The average molecular weight is 529 g/mol. The minimum absolute atomic E-state index is 0. The number of rotatable bonds is 5. The van der Waals surface area contributed by atoms with Crippen molar-refractivity contribution in [3.05, 3.63) is 47.3 Å². The molecule has 1 fully saturated rings. The summed E-state index contributed by atoms with van der Waals surface area (Å²) in [5.41, 5.74) is 1.79. The van der Waals surface area contributed by atoms with E-state index in [0.717, 1.165) is 44.2 Å². The smallest absolute Gasteiger partial charge is 0.411 e. The highest BCUT2D eigenvalue weighted by Crippen LogP contribution is 2.22. The van der Waals surface area contributed by atoms with E-state index in [-0.39, 0.29) is 24.0 Å². The van der Waals surface area contributed by atoms with Crippen LogP contribution in [-0.2, 0) is 11.3 Å². The zero-order chi connectivity index (χ0) is 19.8. The zero-order valence-electron chi connectivity index (χ0n) is 16.8. The molecule has 1 aromatic carbocycles. The average Bonchev–Trinajstić information content (AvgIpc) is 3.27. The first-order valence-corrected chi connectivity index (χ1v) is 10.3. The number of nitrogens with zero attached hydrogens (tertiary/aromatic N) is 3. The van der Waals surface area contributed by atoms with Gasteiger partial charge in [-0.05, 0) is 42.1 Å². The minimum atomic E-state index is -0.470. The highest BCUT2D eigenvalue weighted by molar-refractivity contribution is 14.0. The van der Waals surface area contributed by atoms with Crippen LogP contribution in [0.15, 0.2) is 46.8 Å². The fraction of sp³-hybridized carbons (Fsp3) is 0.400. The van der Waals surface area contributed by atoms with Gasteiger partial charge < -0.3 is 19.9 Å². The maximum Gasteiger partial charge on any atom is 0.411 e. The standard InChI is InChI=1S/C20H27N5O2S.HI/c1-3-21-19(25-12-10-24(11-13-25)18-5-4-14-28-18)22-15-16-6-8-17(9-7-16)23-20(26)27-2;/h4-9,14H,3,10-13,15H2,1-2H3,(H,21,22)(H,23,26);1H. The van der Waals surface area contributed by atoms with E-state index >= 15 is 0 Å². The lowest BCUT2D eigenvalue weighted by molar-refractivity contribution is 0.187. The van der Waals surface area contributed by atoms with Gasteiger partial charge in [-0.1, -0.05) is 12.1 Å². The van der Waals surface area contributed by atoms with Crippen LogP contribution < -0.4 is 15.5 Å². The molecule has 2 heterocycles. The number of halogens is 1.